The molecule has 1 fully saturated rings. The minimum atomic E-state index is -0.572. The largest absolute Gasteiger partial charge is 0.450 e. The Hall–Kier alpha value is -2.16. The standard InChI is InChI=1S/C12H16N4O4S/c1-2-20-12(19)15-11-14-8(7-21-11)5-10(18)16-4-3-13-9(17)6-16/h7H,2-6H2,1H3,(H,13,17)(H,14,15,19). The first-order valence-electron chi connectivity index (χ1n) is 6.51. The molecule has 9 heteroatoms. The molecule has 1 saturated heterocycles. The van der Waals surface area contributed by atoms with Crippen LogP contribution in [-0.4, -0.2) is 54.0 Å². The molecule has 0 saturated carbocycles. The first-order valence-corrected chi connectivity index (χ1v) is 7.39. The van der Waals surface area contributed by atoms with Crippen LogP contribution in [0.4, 0.5) is 9.93 Å². The normalized spacial score (nSPS) is 14.5. The zero-order chi connectivity index (χ0) is 15.2. The molecule has 1 aromatic rings. The molecule has 0 unspecified atom stereocenters. The average Bonchev–Trinajstić information content (AvgIpc) is 2.86. The van der Waals surface area contributed by atoms with Gasteiger partial charge in [0.2, 0.25) is 11.8 Å². The number of rotatable bonds is 4. The van der Waals surface area contributed by atoms with E-state index in [0.29, 0.717) is 23.9 Å². The number of nitrogens with zero attached hydrogens (tertiary/aromatic N) is 2. The van der Waals surface area contributed by atoms with Crippen molar-refractivity contribution in [2.45, 2.75) is 13.3 Å². The van der Waals surface area contributed by atoms with Crippen LogP contribution < -0.4 is 10.6 Å². The highest BCUT2D eigenvalue weighted by Gasteiger charge is 2.22. The van der Waals surface area contributed by atoms with Gasteiger partial charge in [0.15, 0.2) is 5.13 Å². The van der Waals surface area contributed by atoms with Gasteiger partial charge in [-0.1, -0.05) is 0 Å². The van der Waals surface area contributed by atoms with Gasteiger partial charge in [-0.25, -0.2) is 9.78 Å². The summed E-state index contributed by atoms with van der Waals surface area (Å²) in [5.74, 6) is -0.310. The van der Waals surface area contributed by atoms with E-state index >= 15 is 0 Å². The number of carbonyl (C=O) groups is 3. The zero-order valence-electron chi connectivity index (χ0n) is 11.5. The summed E-state index contributed by atoms with van der Waals surface area (Å²) in [5, 5.41) is 7.22. The van der Waals surface area contributed by atoms with E-state index in [4.69, 9.17) is 4.74 Å². The lowest BCUT2D eigenvalue weighted by atomic mass is 10.2. The van der Waals surface area contributed by atoms with Crippen LogP contribution in [0, 0.1) is 0 Å². The summed E-state index contributed by atoms with van der Waals surface area (Å²) < 4.78 is 4.74. The molecule has 1 aliphatic rings. The summed E-state index contributed by atoms with van der Waals surface area (Å²) in [5.41, 5.74) is 0.558. The Balaban J connectivity index is 1.88. The van der Waals surface area contributed by atoms with Crippen molar-refractivity contribution in [3.05, 3.63) is 11.1 Å². The van der Waals surface area contributed by atoms with Gasteiger partial charge in [-0.15, -0.1) is 11.3 Å². The van der Waals surface area contributed by atoms with Gasteiger partial charge in [0.05, 0.1) is 25.3 Å². The van der Waals surface area contributed by atoms with Gasteiger partial charge in [-0.2, -0.15) is 0 Å². The third-order valence-corrected chi connectivity index (χ3v) is 3.57. The molecule has 2 rings (SSSR count). The number of piperazine rings is 1. The Morgan fingerprint density at radius 1 is 1.57 bits per heavy atom. The molecule has 2 N–H and O–H groups in total. The number of hydrogen-bond donors (Lipinski definition) is 2. The van der Waals surface area contributed by atoms with Gasteiger partial charge in [0.1, 0.15) is 0 Å². The number of carbonyl (C=O) groups excluding carboxylic acids is 3. The lowest BCUT2D eigenvalue weighted by Crippen LogP contribution is -2.50. The highest BCUT2D eigenvalue weighted by atomic mass is 32.1. The Morgan fingerprint density at radius 3 is 3.10 bits per heavy atom. The van der Waals surface area contributed by atoms with Crippen LogP contribution in [0.5, 0.6) is 0 Å². The Bertz CT molecular complexity index is 545. The van der Waals surface area contributed by atoms with Crippen molar-refractivity contribution >= 4 is 34.4 Å². The van der Waals surface area contributed by atoms with E-state index in [0.717, 1.165) is 0 Å². The van der Waals surface area contributed by atoms with Gasteiger partial charge >= 0.3 is 6.09 Å². The zero-order valence-corrected chi connectivity index (χ0v) is 12.4. The molecule has 1 aliphatic heterocycles. The minimum absolute atomic E-state index is 0.0803. The van der Waals surface area contributed by atoms with E-state index < -0.39 is 6.09 Å². The predicted octanol–water partition coefficient (Wildman–Crippen LogP) is 0.212. The average molecular weight is 312 g/mol. The highest BCUT2D eigenvalue weighted by molar-refractivity contribution is 7.13. The maximum Gasteiger partial charge on any atom is 0.413 e. The van der Waals surface area contributed by atoms with E-state index in [1.165, 1.54) is 16.2 Å². The molecule has 8 nitrogen and oxygen atoms in total. The first kappa shape index (κ1) is 15.2. The molecule has 1 aromatic heterocycles. The van der Waals surface area contributed by atoms with Crippen LogP contribution in [0.3, 0.4) is 0 Å². The maximum atomic E-state index is 12.0. The van der Waals surface area contributed by atoms with Crippen molar-refractivity contribution in [3.63, 3.8) is 0 Å². The molecule has 21 heavy (non-hydrogen) atoms. The van der Waals surface area contributed by atoms with Crippen molar-refractivity contribution in [2.24, 2.45) is 0 Å². The second kappa shape index (κ2) is 7.02. The molecular formula is C12H16N4O4S. The number of amides is 3. The van der Waals surface area contributed by atoms with Crippen molar-refractivity contribution in [3.8, 4) is 0 Å². The van der Waals surface area contributed by atoms with Gasteiger partial charge in [0, 0.05) is 18.5 Å². The summed E-state index contributed by atoms with van der Waals surface area (Å²) in [6.45, 7) is 3.04. The Labute approximate surface area is 125 Å². The number of hydrogen-bond acceptors (Lipinski definition) is 6. The lowest BCUT2D eigenvalue weighted by molar-refractivity contribution is -0.137. The fraction of sp³-hybridized carbons (Fsp3) is 0.500. The monoisotopic (exact) mass is 312 g/mol. The SMILES string of the molecule is CCOC(=O)Nc1nc(CC(=O)N2CCNC(=O)C2)cs1. The topological polar surface area (TPSA) is 101 Å². The molecule has 2 heterocycles. The molecular weight excluding hydrogens is 296 g/mol. The third kappa shape index (κ3) is 4.42. The van der Waals surface area contributed by atoms with Gasteiger partial charge in [-0.05, 0) is 6.92 Å². The number of ether oxygens (including phenoxy) is 1. The minimum Gasteiger partial charge on any atom is -0.450 e. The first-order chi connectivity index (χ1) is 10.1. The fourth-order valence-electron chi connectivity index (χ4n) is 1.82. The maximum absolute atomic E-state index is 12.0. The van der Waals surface area contributed by atoms with Crippen LogP contribution in [0.1, 0.15) is 12.6 Å². The van der Waals surface area contributed by atoms with Gasteiger partial charge in [0.25, 0.3) is 0 Å². The smallest absolute Gasteiger partial charge is 0.413 e. The fourth-order valence-corrected chi connectivity index (χ4v) is 2.51. The van der Waals surface area contributed by atoms with E-state index in [-0.39, 0.29) is 31.4 Å². The highest BCUT2D eigenvalue weighted by Crippen LogP contribution is 2.16. The Kier molecular flexibility index (Phi) is 5.09. The molecule has 0 aliphatic carbocycles. The van der Waals surface area contributed by atoms with E-state index in [1.807, 2.05) is 0 Å². The molecule has 0 spiro atoms. The van der Waals surface area contributed by atoms with Crippen molar-refractivity contribution in [1.29, 1.82) is 0 Å². The summed E-state index contributed by atoms with van der Waals surface area (Å²) >= 11 is 1.22. The second-order valence-corrected chi connectivity index (χ2v) is 5.19. The number of nitrogens with one attached hydrogen (secondary N) is 2. The predicted molar refractivity (Wildman–Crippen MR) is 76.1 cm³/mol. The van der Waals surface area contributed by atoms with Crippen LogP contribution in [0.25, 0.3) is 0 Å². The van der Waals surface area contributed by atoms with Crippen molar-refractivity contribution in [2.75, 3.05) is 31.6 Å². The van der Waals surface area contributed by atoms with Crippen LogP contribution in [0.15, 0.2) is 5.38 Å². The third-order valence-electron chi connectivity index (χ3n) is 2.76. The van der Waals surface area contributed by atoms with E-state index in [9.17, 15) is 14.4 Å². The van der Waals surface area contributed by atoms with Crippen molar-refractivity contribution in [1.82, 2.24) is 15.2 Å². The molecule has 0 radical (unpaired) electrons. The Morgan fingerprint density at radius 2 is 2.38 bits per heavy atom. The van der Waals surface area contributed by atoms with Crippen LogP contribution in [-0.2, 0) is 20.7 Å². The van der Waals surface area contributed by atoms with Crippen LogP contribution >= 0.6 is 11.3 Å². The van der Waals surface area contributed by atoms with E-state index in [2.05, 4.69) is 15.6 Å². The summed E-state index contributed by atoms with van der Waals surface area (Å²) in [6, 6.07) is 0. The van der Waals surface area contributed by atoms with Gasteiger partial charge < -0.3 is 15.0 Å². The van der Waals surface area contributed by atoms with E-state index in [1.54, 1.807) is 12.3 Å². The number of anilines is 1. The molecule has 0 bridgehead atoms. The second-order valence-electron chi connectivity index (χ2n) is 4.33. The summed E-state index contributed by atoms with van der Waals surface area (Å²) in [7, 11) is 0. The van der Waals surface area contributed by atoms with Crippen LogP contribution in [0.2, 0.25) is 0 Å². The number of thiazole rings is 1. The quantitative estimate of drug-likeness (QED) is 0.828. The molecule has 114 valence electrons. The summed E-state index contributed by atoms with van der Waals surface area (Å²) in [4.78, 5) is 40.2. The number of aromatic nitrogens is 1. The lowest BCUT2D eigenvalue weighted by Gasteiger charge is -2.26. The van der Waals surface area contributed by atoms with Gasteiger partial charge in [-0.3, -0.25) is 14.9 Å². The molecule has 0 atom stereocenters. The van der Waals surface area contributed by atoms with Crippen molar-refractivity contribution < 1.29 is 19.1 Å². The summed E-state index contributed by atoms with van der Waals surface area (Å²) in [6.07, 6.45) is -0.466. The molecule has 0 aromatic carbocycles. The molecule has 3 amide bonds.